The standard InChI is InChI=1S/C5H9N3.ClH/c1-3-8-4-2-7-5(8)6-1;/h1-4H2,(H,6,7);1H. The highest BCUT2D eigenvalue weighted by atomic mass is 35.5. The van der Waals surface area contributed by atoms with Gasteiger partial charge in [0.15, 0.2) is 5.96 Å². The Labute approximate surface area is 60.5 Å². The minimum atomic E-state index is 0. The smallest absolute Gasteiger partial charge is 0.194 e. The van der Waals surface area contributed by atoms with Gasteiger partial charge >= 0.3 is 0 Å². The molecule has 4 heteroatoms. The van der Waals surface area contributed by atoms with E-state index in [0.29, 0.717) is 0 Å². The number of hydrogen-bond donors (Lipinski definition) is 1. The monoisotopic (exact) mass is 147 g/mol. The number of aliphatic imine (C=N–C) groups is 1. The zero-order valence-corrected chi connectivity index (χ0v) is 5.95. The summed E-state index contributed by atoms with van der Waals surface area (Å²) in [7, 11) is 0. The summed E-state index contributed by atoms with van der Waals surface area (Å²) in [6.07, 6.45) is 0. The molecule has 2 heterocycles. The summed E-state index contributed by atoms with van der Waals surface area (Å²) in [6, 6.07) is 0. The predicted octanol–water partition coefficient (Wildman–Crippen LogP) is -0.317. The molecule has 0 aromatic heterocycles. The lowest BCUT2D eigenvalue weighted by atomic mass is 10.6. The summed E-state index contributed by atoms with van der Waals surface area (Å²) in [4.78, 5) is 6.51. The van der Waals surface area contributed by atoms with Crippen molar-refractivity contribution in [3.05, 3.63) is 0 Å². The molecule has 0 aliphatic carbocycles. The van der Waals surface area contributed by atoms with Gasteiger partial charge in [0, 0.05) is 19.6 Å². The third-order valence-electron chi connectivity index (χ3n) is 1.60. The van der Waals surface area contributed by atoms with Gasteiger partial charge < -0.3 is 10.2 Å². The molecule has 1 fully saturated rings. The molecule has 0 atom stereocenters. The SMILES string of the molecule is C1CN2CCNC2=N1.Cl. The zero-order chi connectivity index (χ0) is 5.40. The average Bonchev–Trinajstić information content (AvgIpc) is 2.15. The first-order valence-electron chi connectivity index (χ1n) is 3.00. The highest BCUT2D eigenvalue weighted by molar-refractivity contribution is 5.85. The van der Waals surface area contributed by atoms with Crippen molar-refractivity contribution in [3.63, 3.8) is 0 Å². The third-order valence-corrected chi connectivity index (χ3v) is 1.60. The Balaban J connectivity index is 0.000000405. The van der Waals surface area contributed by atoms with Crippen LogP contribution in [0.15, 0.2) is 4.99 Å². The Morgan fingerprint density at radius 3 is 3.11 bits per heavy atom. The first-order valence-corrected chi connectivity index (χ1v) is 3.00. The number of halogens is 1. The highest BCUT2D eigenvalue weighted by Crippen LogP contribution is 2.02. The molecule has 1 N–H and O–H groups in total. The summed E-state index contributed by atoms with van der Waals surface area (Å²) in [5.41, 5.74) is 0. The van der Waals surface area contributed by atoms with Crippen molar-refractivity contribution < 1.29 is 0 Å². The molecule has 52 valence electrons. The second-order valence-corrected chi connectivity index (χ2v) is 2.12. The van der Waals surface area contributed by atoms with E-state index in [-0.39, 0.29) is 12.4 Å². The van der Waals surface area contributed by atoms with E-state index in [1.165, 1.54) is 0 Å². The molecule has 2 aliphatic heterocycles. The van der Waals surface area contributed by atoms with Crippen LogP contribution in [0.5, 0.6) is 0 Å². The minimum absolute atomic E-state index is 0. The molecule has 9 heavy (non-hydrogen) atoms. The average molecular weight is 148 g/mol. The minimum Gasteiger partial charge on any atom is -0.354 e. The van der Waals surface area contributed by atoms with Gasteiger partial charge in [-0.2, -0.15) is 0 Å². The molecule has 0 unspecified atom stereocenters. The van der Waals surface area contributed by atoms with Crippen LogP contribution in [0.2, 0.25) is 0 Å². The zero-order valence-electron chi connectivity index (χ0n) is 5.13. The summed E-state index contributed by atoms with van der Waals surface area (Å²) >= 11 is 0. The van der Waals surface area contributed by atoms with Crippen molar-refractivity contribution in [2.24, 2.45) is 4.99 Å². The molecule has 0 bridgehead atoms. The van der Waals surface area contributed by atoms with Crippen LogP contribution in [0.1, 0.15) is 0 Å². The van der Waals surface area contributed by atoms with Gasteiger partial charge in [-0.15, -0.1) is 12.4 Å². The van der Waals surface area contributed by atoms with Gasteiger partial charge in [0.25, 0.3) is 0 Å². The fraction of sp³-hybridized carbons (Fsp3) is 0.800. The number of nitrogens with one attached hydrogen (secondary N) is 1. The van der Waals surface area contributed by atoms with E-state index in [1.807, 2.05) is 0 Å². The largest absolute Gasteiger partial charge is 0.354 e. The number of rotatable bonds is 0. The molecule has 3 nitrogen and oxygen atoms in total. The van der Waals surface area contributed by atoms with Gasteiger partial charge in [-0.1, -0.05) is 0 Å². The molecule has 0 spiro atoms. The number of guanidine groups is 1. The van der Waals surface area contributed by atoms with E-state index in [4.69, 9.17) is 0 Å². The van der Waals surface area contributed by atoms with E-state index in [1.54, 1.807) is 0 Å². The lowest BCUT2D eigenvalue weighted by Crippen LogP contribution is -2.25. The molecule has 1 saturated heterocycles. The van der Waals surface area contributed by atoms with Crippen LogP contribution in [0.3, 0.4) is 0 Å². The lowest BCUT2D eigenvalue weighted by molar-refractivity contribution is 0.503. The maximum absolute atomic E-state index is 4.23. The predicted molar refractivity (Wildman–Crippen MR) is 39.1 cm³/mol. The van der Waals surface area contributed by atoms with Gasteiger partial charge in [-0.25, -0.2) is 0 Å². The van der Waals surface area contributed by atoms with Crippen molar-refractivity contribution in [1.82, 2.24) is 10.2 Å². The van der Waals surface area contributed by atoms with Gasteiger partial charge in [0.1, 0.15) is 0 Å². The van der Waals surface area contributed by atoms with Crippen LogP contribution < -0.4 is 5.32 Å². The summed E-state index contributed by atoms with van der Waals surface area (Å²) in [5.74, 6) is 1.12. The Morgan fingerprint density at radius 2 is 2.33 bits per heavy atom. The summed E-state index contributed by atoms with van der Waals surface area (Å²) < 4.78 is 0. The van der Waals surface area contributed by atoms with Crippen LogP contribution in [0, 0.1) is 0 Å². The van der Waals surface area contributed by atoms with Crippen LogP contribution in [0.4, 0.5) is 0 Å². The first-order chi connectivity index (χ1) is 3.97. The van der Waals surface area contributed by atoms with Crippen molar-refractivity contribution >= 4 is 18.4 Å². The number of fused-ring (bicyclic) bond motifs is 1. The van der Waals surface area contributed by atoms with Gasteiger partial charge in [0.2, 0.25) is 0 Å². The van der Waals surface area contributed by atoms with Gasteiger partial charge in [-0.3, -0.25) is 4.99 Å². The molecular weight excluding hydrogens is 138 g/mol. The Hall–Kier alpha value is -0.440. The Bertz CT molecular complexity index is 134. The molecule has 0 aromatic rings. The molecule has 0 aromatic carbocycles. The van der Waals surface area contributed by atoms with Gasteiger partial charge in [-0.05, 0) is 0 Å². The molecule has 0 amide bonds. The molecule has 0 saturated carbocycles. The second kappa shape index (κ2) is 2.43. The van der Waals surface area contributed by atoms with Crippen molar-refractivity contribution in [3.8, 4) is 0 Å². The van der Waals surface area contributed by atoms with E-state index in [0.717, 1.165) is 32.1 Å². The Kier molecular flexibility index (Phi) is 1.81. The maximum Gasteiger partial charge on any atom is 0.194 e. The maximum atomic E-state index is 4.23. The second-order valence-electron chi connectivity index (χ2n) is 2.12. The van der Waals surface area contributed by atoms with Crippen molar-refractivity contribution in [2.45, 2.75) is 0 Å². The normalized spacial score (nSPS) is 22.2. The summed E-state index contributed by atoms with van der Waals surface area (Å²) in [5, 5.41) is 3.19. The summed E-state index contributed by atoms with van der Waals surface area (Å²) in [6.45, 7) is 4.35. The van der Waals surface area contributed by atoms with Crippen LogP contribution in [-0.2, 0) is 0 Å². The third kappa shape index (κ3) is 0.965. The molecule has 2 rings (SSSR count). The van der Waals surface area contributed by atoms with E-state index in [9.17, 15) is 0 Å². The van der Waals surface area contributed by atoms with Crippen LogP contribution in [0.25, 0.3) is 0 Å². The highest BCUT2D eigenvalue weighted by Gasteiger charge is 2.20. The quantitative estimate of drug-likeness (QED) is 0.509. The first kappa shape index (κ1) is 6.68. The number of hydrogen-bond acceptors (Lipinski definition) is 3. The van der Waals surface area contributed by atoms with Crippen LogP contribution in [-0.4, -0.2) is 37.0 Å². The topological polar surface area (TPSA) is 27.6 Å². The fourth-order valence-electron chi connectivity index (χ4n) is 1.17. The van der Waals surface area contributed by atoms with Crippen molar-refractivity contribution in [1.29, 1.82) is 0 Å². The van der Waals surface area contributed by atoms with Crippen molar-refractivity contribution in [2.75, 3.05) is 26.2 Å². The van der Waals surface area contributed by atoms with Crippen LogP contribution >= 0.6 is 12.4 Å². The van der Waals surface area contributed by atoms with Gasteiger partial charge in [0.05, 0.1) is 6.54 Å². The Morgan fingerprint density at radius 1 is 1.44 bits per heavy atom. The number of nitrogens with zero attached hydrogens (tertiary/aromatic N) is 2. The fourth-order valence-corrected chi connectivity index (χ4v) is 1.17. The molecule has 0 radical (unpaired) electrons. The van der Waals surface area contributed by atoms with E-state index >= 15 is 0 Å². The molecular formula is C5H10ClN3. The van der Waals surface area contributed by atoms with E-state index in [2.05, 4.69) is 15.2 Å². The molecule has 2 aliphatic rings. The lowest BCUT2D eigenvalue weighted by Gasteiger charge is -2.06. The van der Waals surface area contributed by atoms with E-state index < -0.39 is 0 Å².